The third kappa shape index (κ3) is 0.758. The standard InChI is InChI=1S/C13H8N2O/c1-4-15-11-9(1)7-10-8-14-5-2-13(10)3-6-16-12(11)13/h1-8H. The Morgan fingerprint density at radius 2 is 2.25 bits per heavy atom. The third-order valence-corrected chi connectivity index (χ3v) is 3.26. The zero-order valence-electron chi connectivity index (χ0n) is 8.42. The van der Waals surface area contributed by atoms with Crippen LogP contribution in [0.15, 0.2) is 69.4 Å². The second kappa shape index (κ2) is 2.50. The summed E-state index contributed by atoms with van der Waals surface area (Å²) in [5, 5.41) is 0. The number of aliphatic imine (C=N–C) groups is 2. The summed E-state index contributed by atoms with van der Waals surface area (Å²) in [6.07, 6.45) is 15.5. The summed E-state index contributed by atoms with van der Waals surface area (Å²) in [6.45, 7) is 0. The Kier molecular flexibility index (Phi) is 1.26. The van der Waals surface area contributed by atoms with E-state index >= 15 is 0 Å². The number of hydrogen-bond donors (Lipinski definition) is 0. The van der Waals surface area contributed by atoms with Crippen molar-refractivity contribution in [1.29, 1.82) is 0 Å². The number of nitrogens with zero attached hydrogens (tertiary/aromatic N) is 2. The van der Waals surface area contributed by atoms with Gasteiger partial charge in [-0.3, -0.25) is 9.98 Å². The second-order valence-electron chi connectivity index (χ2n) is 4.06. The Balaban J connectivity index is 2.06. The highest BCUT2D eigenvalue weighted by Gasteiger charge is 2.44. The van der Waals surface area contributed by atoms with Crippen molar-refractivity contribution in [2.45, 2.75) is 0 Å². The van der Waals surface area contributed by atoms with E-state index in [0.29, 0.717) is 0 Å². The monoisotopic (exact) mass is 208 g/mol. The molecule has 16 heavy (non-hydrogen) atoms. The zero-order chi connectivity index (χ0) is 10.6. The maximum absolute atomic E-state index is 5.62. The fourth-order valence-corrected chi connectivity index (χ4v) is 2.46. The van der Waals surface area contributed by atoms with Gasteiger partial charge in [0, 0.05) is 24.2 Å². The molecule has 0 aromatic rings. The molecule has 4 aliphatic rings. The fraction of sp³-hybridized carbons (Fsp3) is 0.0769. The highest BCUT2D eigenvalue weighted by Crippen LogP contribution is 2.50. The first-order valence-electron chi connectivity index (χ1n) is 5.17. The molecule has 0 fully saturated rings. The van der Waals surface area contributed by atoms with Crippen molar-refractivity contribution in [3.05, 3.63) is 59.4 Å². The number of ether oxygens (including phenoxy) is 1. The molecule has 3 aliphatic heterocycles. The van der Waals surface area contributed by atoms with E-state index in [1.165, 1.54) is 0 Å². The highest BCUT2D eigenvalue weighted by molar-refractivity contribution is 5.91. The predicted octanol–water partition coefficient (Wildman–Crippen LogP) is 2.28. The molecular weight excluding hydrogens is 200 g/mol. The maximum Gasteiger partial charge on any atom is 0.148 e. The first kappa shape index (κ1) is 8.05. The zero-order valence-corrected chi connectivity index (χ0v) is 8.42. The van der Waals surface area contributed by atoms with Crippen LogP contribution in [0, 0.1) is 5.41 Å². The van der Waals surface area contributed by atoms with Crippen LogP contribution < -0.4 is 0 Å². The molecule has 3 nitrogen and oxygen atoms in total. The molecular formula is C13H8N2O. The maximum atomic E-state index is 5.62. The van der Waals surface area contributed by atoms with Gasteiger partial charge >= 0.3 is 0 Å². The Hall–Kier alpha value is -2.16. The quantitative estimate of drug-likeness (QED) is 0.601. The van der Waals surface area contributed by atoms with Crippen molar-refractivity contribution < 1.29 is 4.74 Å². The van der Waals surface area contributed by atoms with Crippen molar-refractivity contribution in [3.8, 4) is 0 Å². The van der Waals surface area contributed by atoms with Crippen LogP contribution in [0.25, 0.3) is 0 Å². The van der Waals surface area contributed by atoms with Gasteiger partial charge in [-0.15, -0.1) is 0 Å². The van der Waals surface area contributed by atoms with Gasteiger partial charge in [-0.2, -0.15) is 0 Å². The number of allylic oxidation sites excluding steroid dienone is 3. The summed E-state index contributed by atoms with van der Waals surface area (Å²) in [5.74, 6) is 0.896. The topological polar surface area (TPSA) is 34.0 Å². The summed E-state index contributed by atoms with van der Waals surface area (Å²) in [6, 6.07) is 0. The average Bonchev–Trinajstić information content (AvgIpc) is 2.90. The minimum atomic E-state index is -0.268. The SMILES string of the molecule is C1=CC23C=COC2=C2N=CC=C2C=C3C=N1. The molecule has 0 radical (unpaired) electrons. The lowest BCUT2D eigenvalue weighted by molar-refractivity contribution is 0.324. The molecule has 0 amide bonds. The summed E-state index contributed by atoms with van der Waals surface area (Å²) in [4.78, 5) is 8.54. The van der Waals surface area contributed by atoms with Gasteiger partial charge in [-0.1, -0.05) is 0 Å². The fourth-order valence-electron chi connectivity index (χ4n) is 2.46. The summed E-state index contributed by atoms with van der Waals surface area (Å²) in [5.41, 5.74) is 2.91. The molecule has 0 bridgehead atoms. The van der Waals surface area contributed by atoms with Crippen molar-refractivity contribution >= 4 is 12.4 Å². The van der Waals surface area contributed by atoms with Gasteiger partial charge in [0.25, 0.3) is 0 Å². The van der Waals surface area contributed by atoms with Gasteiger partial charge in [-0.25, -0.2) is 0 Å². The lowest BCUT2D eigenvalue weighted by atomic mass is 9.73. The Morgan fingerprint density at radius 1 is 1.25 bits per heavy atom. The number of fused-ring (bicyclic) bond motifs is 1. The van der Waals surface area contributed by atoms with Gasteiger partial charge in [0.15, 0.2) is 0 Å². The van der Waals surface area contributed by atoms with Crippen LogP contribution >= 0.6 is 0 Å². The summed E-state index contributed by atoms with van der Waals surface area (Å²) >= 11 is 0. The van der Waals surface area contributed by atoms with Crippen LogP contribution in [0.2, 0.25) is 0 Å². The van der Waals surface area contributed by atoms with Crippen LogP contribution in [0.3, 0.4) is 0 Å². The highest BCUT2D eigenvalue weighted by atomic mass is 16.5. The van der Waals surface area contributed by atoms with E-state index < -0.39 is 0 Å². The van der Waals surface area contributed by atoms with Crippen molar-refractivity contribution in [1.82, 2.24) is 0 Å². The Morgan fingerprint density at radius 3 is 3.25 bits per heavy atom. The Bertz CT molecular complexity index is 599. The molecule has 0 aromatic heterocycles. The first-order chi connectivity index (χ1) is 7.90. The molecule has 76 valence electrons. The molecule has 0 aromatic carbocycles. The van der Waals surface area contributed by atoms with Crippen molar-refractivity contribution in [2.24, 2.45) is 15.4 Å². The average molecular weight is 208 g/mol. The van der Waals surface area contributed by atoms with Crippen LogP contribution in [0.5, 0.6) is 0 Å². The minimum Gasteiger partial charge on any atom is -0.466 e. The molecule has 0 saturated carbocycles. The molecule has 1 atom stereocenters. The molecule has 0 N–H and O–H groups in total. The first-order valence-corrected chi connectivity index (χ1v) is 5.17. The van der Waals surface area contributed by atoms with Crippen molar-refractivity contribution in [3.63, 3.8) is 0 Å². The van der Waals surface area contributed by atoms with Gasteiger partial charge in [0.05, 0.1) is 11.7 Å². The predicted molar refractivity (Wildman–Crippen MR) is 62.0 cm³/mol. The molecule has 3 heterocycles. The van der Waals surface area contributed by atoms with Crippen molar-refractivity contribution in [2.75, 3.05) is 0 Å². The van der Waals surface area contributed by atoms with Gasteiger partial charge in [0.2, 0.25) is 0 Å². The van der Waals surface area contributed by atoms with E-state index in [-0.39, 0.29) is 5.41 Å². The van der Waals surface area contributed by atoms with E-state index in [4.69, 9.17) is 4.74 Å². The molecule has 1 spiro atoms. The lowest BCUT2D eigenvalue weighted by Gasteiger charge is -2.31. The van der Waals surface area contributed by atoms with E-state index in [1.54, 1.807) is 6.26 Å². The summed E-state index contributed by atoms with van der Waals surface area (Å²) in [7, 11) is 0. The number of hydrogen-bond acceptors (Lipinski definition) is 3. The summed E-state index contributed by atoms with van der Waals surface area (Å²) < 4.78 is 5.62. The van der Waals surface area contributed by atoms with E-state index in [1.807, 2.05) is 30.8 Å². The van der Waals surface area contributed by atoms with Crippen LogP contribution in [-0.4, -0.2) is 12.4 Å². The minimum absolute atomic E-state index is 0.268. The second-order valence-corrected chi connectivity index (χ2v) is 4.06. The third-order valence-electron chi connectivity index (χ3n) is 3.26. The molecule has 1 aliphatic carbocycles. The van der Waals surface area contributed by atoms with E-state index in [2.05, 4.69) is 22.1 Å². The van der Waals surface area contributed by atoms with Gasteiger partial charge in [-0.05, 0) is 29.9 Å². The normalized spacial score (nSPS) is 32.0. The lowest BCUT2D eigenvalue weighted by Crippen LogP contribution is -2.25. The van der Waals surface area contributed by atoms with Crippen LogP contribution in [0.1, 0.15) is 0 Å². The van der Waals surface area contributed by atoms with Crippen LogP contribution in [-0.2, 0) is 4.74 Å². The smallest absolute Gasteiger partial charge is 0.148 e. The molecule has 1 unspecified atom stereocenters. The van der Waals surface area contributed by atoms with Gasteiger partial charge < -0.3 is 4.74 Å². The van der Waals surface area contributed by atoms with Gasteiger partial charge in [0.1, 0.15) is 11.5 Å². The largest absolute Gasteiger partial charge is 0.466 e. The van der Waals surface area contributed by atoms with E-state index in [9.17, 15) is 0 Å². The van der Waals surface area contributed by atoms with E-state index in [0.717, 1.165) is 22.6 Å². The number of rotatable bonds is 0. The molecule has 3 heteroatoms. The molecule has 4 rings (SSSR count). The molecule has 0 saturated heterocycles. The van der Waals surface area contributed by atoms with Crippen LogP contribution in [0.4, 0.5) is 0 Å². The Labute approximate surface area is 92.6 Å².